The highest BCUT2D eigenvalue weighted by molar-refractivity contribution is 5.77. The molecule has 6 nitrogen and oxygen atoms in total. The van der Waals surface area contributed by atoms with Crippen LogP contribution in [0.2, 0.25) is 0 Å². The quantitative estimate of drug-likeness (QED) is 0.375. The van der Waals surface area contributed by atoms with Crippen molar-refractivity contribution in [1.82, 2.24) is 10.2 Å². The second-order valence-corrected chi connectivity index (χ2v) is 5.98. The summed E-state index contributed by atoms with van der Waals surface area (Å²) in [7, 11) is 0. The van der Waals surface area contributed by atoms with Crippen LogP contribution in [-0.4, -0.2) is 46.7 Å². The molecule has 0 heterocycles. The van der Waals surface area contributed by atoms with Crippen molar-refractivity contribution in [2.75, 3.05) is 19.7 Å². The molecule has 0 bridgehead atoms. The third-order valence-corrected chi connectivity index (χ3v) is 3.78. The van der Waals surface area contributed by atoms with Crippen LogP contribution in [0.3, 0.4) is 0 Å². The van der Waals surface area contributed by atoms with E-state index in [1.807, 2.05) is 0 Å². The SMILES string of the molecule is CCCCCCCCCCCC(=O)N(C=CNCC(=O)O)CCO. The van der Waals surface area contributed by atoms with Gasteiger partial charge in [-0.1, -0.05) is 58.3 Å². The number of hydrogen-bond acceptors (Lipinski definition) is 4. The molecule has 0 aliphatic heterocycles. The number of aliphatic hydroxyl groups excluding tert-OH is 1. The molecular weight excluding hydrogens is 308 g/mol. The van der Waals surface area contributed by atoms with Crippen LogP contribution in [0.1, 0.15) is 71.1 Å². The molecule has 0 aromatic rings. The zero-order chi connectivity index (χ0) is 18.0. The van der Waals surface area contributed by atoms with Crippen LogP contribution in [0, 0.1) is 0 Å². The van der Waals surface area contributed by atoms with Crippen molar-refractivity contribution in [2.45, 2.75) is 71.1 Å². The largest absolute Gasteiger partial charge is 0.480 e. The van der Waals surface area contributed by atoms with E-state index >= 15 is 0 Å². The summed E-state index contributed by atoms with van der Waals surface area (Å²) in [5, 5.41) is 20.1. The van der Waals surface area contributed by atoms with Crippen LogP contribution in [0.25, 0.3) is 0 Å². The number of unbranched alkanes of at least 4 members (excludes halogenated alkanes) is 8. The molecule has 6 heteroatoms. The fraction of sp³-hybridized carbons (Fsp3) is 0.778. The van der Waals surface area contributed by atoms with Crippen molar-refractivity contribution in [3.63, 3.8) is 0 Å². The monoisotopic (exact) mass is 342 g/mol. The van der Waals surface area contributed by atoms with E-state index in [0.717, 1.165) is 19.3 Å². The molecular formula is C18H34N2O4. The molecule has 0 aliphatic carbocycles. The third-order valence-electron chi connectivity index (χ3n) is 3.78. The molecule has 0 saturated carbocycles. The van der Waals surface area contributed by atoms with Gasteiger partial charge in [-0.15, -0.1) is 0 Å². The molecule has 0 aromatic carbocycles. The van der Waals surface area contributed by atoms with Crippen molar-refractivity contribution < 1.29 is 19.8 Å². The van der Waals surface area contributed by atoms with Crippen LogP contribution in [-0.2, 0) is 9.59 Å². The molecule has 0 spiro atoms. The predicted molar refractivity (Wildman–Crippen MR) is 95.4 cm³/mol. The Labute approximate surface area is 145 Å². The van der Waals surface area contributed by atoms with Crippen molar-refractivity contribution in [2.24, 2.45) is 0 Å². The second-order valence-electron chi connectivity index (χ2n) is 5.98. The van der Waals surface area contributed by atoms with Crippen molar-refractivity contribution >= 4 is 11.9 Å². The molecule has 0 aliphatic rings. The summed E-state index contributed by atoms with van der Waals surface area (Å²) < 4.78 is 0. The number of aliphatic hydroxyl groups is 1. The van der Waals surface area contributed by atoms with Gasteiger partial charge >= 0.3 is 5.97 Å². The lowest BCUT2D eigenvalue weighted by Crippen LogP contribution is -2.29. The van der Waals surface area contributed by atoms with Crippen LogP contribution in [0.5, 0.6) is 0 Å². The Hall–Kier alpha value is -1.56. The normalized spacial score (nSPS) is 10.9. The average molecular weight is 342 g/mol. The Kier molecular flexibility index (Phi) is 15.2. The van der Waals surface area contributed by atoms with Crippen LogP contribution >= 0.6 is 0 Å². The second kappa shape index (κ2) is 16.3. The lowest BCUT2D eigenvalue weighted by molar-refractivity contribution is -0.135. The van der Waals surface area contributed by atoms with Gasteiger partial charge in [0.15, 0.2) is 0 Å². The Morgan fingerprint density at radius 3 is 2.12 bits per heavy atom. The van der Waals surface area contributed by atoms with Crippen LogP contribution in [0.15, 0.2) is 12.4 Å². The molecule has 0 saturated heterocycles. The molecule has 0 radical (unpaired) electrons. The number of hydrogen-bond donors (Lipinski definition) is 3. The van der Waals surface area contributed by atoms with E-state index in [1.165, 1.54) is 55.8 Å². The van der Waals surface area contributed by atoms with Gasteiger partial charge in [-0.05, 0) is 6.42 Å². The molecule has 0 rings (SSSR count). The summed E-state index contributed by atoms with van der Waals surface area (Å²) in [6, 6.07) is 0. The number of amides is 1. The van der Waals surface area contributed by atoms with Gasteiger partial charge in [-0.2, -0.15) is 0 Å². The van der Waals surface area contributed by atoms with Gasteiger partial charge in [0, 0.05) is 25.4 Å². The Morgan fingerprint density at radius 2 is 1.58 bits per heavy atom. The number of carboxylic acids is 1. The molecule has 0 fully saturated rings. The fourth-order valence-electron chi connectivity index (χ4n) is 2.41. The standard InChI is InChI=1S/C18H34N2O4/c1-2-3-4-5-6-7-8-9-10-11-17(22)20(14-15-21)13-12-19-16-18(23)24/h12-13,19,21H,2-11,14-16H2,1H3,(H,23,24). The summed E-state index contributed by atoms with van der Waals surface area (Å²) in [5.74, 6) is -1.00. The number of aliphatic carboxylic acids is 1. The Bertz CT molecular complexity index is 359. The van der Waals surface area contributed by atoms with Crippen molar-refractivity contribution in [3.05, 3.63) is 12.4 Å². The number of rotatable bonds is 16. The van der Waals surface area contributed by atoms with Gasteiger partial charge in [0.1, 0.15) is 6.54 Å². The molecule has 0 aromatic heterocycles. The van der Waals surface area contributed by atoms with E-state index in [9.17, 15) is 9.59 Å². The van der Waals surface area contributed by atoms with Crippen molar-refractivity contribution in [1.29, 1.82) is 0 Å². The number of carbonyl (C=O) groups excluding carboxylic acids is 1. The van der Waals surface area contributed by atoms with Gasteiger partial charge < -0.3 is 20.4 Å². The topological polar surface area (TPSA) is 89.9 Å². The van der Waals surface area contributed by atoms with Gasteiger partial charge in [0.2, 0.25) is 5.91 Å². The maximum absolute atomic E-state index is 12.1. The van der Waals surface area contributed by atoms with Gasteiger partial charge in [-0.25, -0.2) is 0 Å². The summed E-state index contributed by atoms with van der Waals surface area (Å²) in [4.78, 5) is 23.9. The van der Waals surface area contributed by atoms with Gasteiger partial charge in [-0.3, -0.25) is 9.59 Å². The number of carbonyl (C=O) groups is 2. The molecule has 0 unspecified atom stereocenters. The van der Waals surface area contributed by atoms with Crippen LogP contribution < -0.4 is 5.32 Å². The molecule has 1 amide bonds. The Balaban J connectivity index is 3.80. The molecule has 0 atom stereocenters. The Morgan fingerprint density at radius 1 is 1.00 bits per heavy atom. The minimum atomic E-state index is -0.964. The first kappa shape index (κ1) is 22.4. The van der Waals surface area contributed by atoms with E-state index in [4.69, 9.17) is 10.2 Å². The van der Waals surface area contributed by atoms with Gasteiger partial charge in [0.05, 0.1) is 6.61 Å². The van der Waals surface area contributed by atoms with Crippen LogP contribution in [0.4, 0.5) is 0 Å². The first-order valence-corrected chi connectivity index (χ1v) is 9.14. The smallest absolute Gasteiger partial charge is 0.322 e. The van der Waals surface area contributed by atoms with Crippen molar-refractivity contribution in [3.8, 4) is 0 Å². The highest BCUT2D eigenvalue weighted by Gasteiger charge is 2.09. The minimum Gasteiger partial charge on any atom is -0.480 e. The van der Waals surface area contributed by atoms with Gasteiger partial charge in [0.25, 0.3) is 0 Å². The fourth-order valence-corrected chi connectivity index (χ4v) is 2.41. The lowest BCUT2D eigenvalue weighted by atomic mass is 10.1. The minimum absolute atomic E-state index is 0.0413. The summed E-state index contributed by atoms with van der Waals surface area (Å²) >= 11 is 0. The van der Waals surface area contributed by atoms with E-state index in [1.54, 1.807) is 0 Å². The summed E-state index contributed by atoms with van der Waals surface area (Å²) in [6.45, 7) is 2.12. The van der Waals surface area contributed by atoms with E-state index in [2.05, 4.69) is 12.2 Å². The maximum atomic E-state index is 12.1. The highest BCUT2D eigenvalue weighted by atomic mass is 16.4. The first-order chi connectivity index (χ1) is 11.6. The zero-order valence-corrected chi connectivity index (χ0v) is 15.0. The summed E-state index contributed by atoms with van der Waals surface area (Å²) in [5.41, 5.74) is 0. The summed E-state index contributed by atoms with van der Waals surface area (Å²) in [6.07, 6.45) is 14.2. The van der Waals surface area contributed by atoms with E-state index in [0.29, 0.717) is 6.42 Å². The highest BCUT2D eigenvalue weighted by Crippen LogP contribution is 2.11. The average Bonchev–Trinajstić information content (AvgIpc) is 2.55. The third kappa shape index (κ3) is 14.1. The number of nitrogens with zero attached hydrogens (tertiary/aromatic N) is 1. The zero-order valence-electron chi connectivity index (χ0n) is 15.0. The van der Waals surface area contributed by atoms with E-state index in [-0.39, 0.29) is 25.6 Å². The number of carboxylic acid groups (broad SMARTS) is 1. The predicted octanol–water partition coefficient (Wildman–Crippen LogP) is 2.87. The molecule has 3 N–H and O–H groups in total. The first-order valence-electron chi connectivity index (χ1n) is 9.14. The maximum Gasteiger partial charge on any atom is 0.322 e. The molecule has 24 heavy (non-hydrogen) atoms. The molecule has 140 valence electrons. The van der Waals surface area contributed by atoms with E-state index < -0.39 is 5.97 Å². The lowest BCUT2D eigenvalue weighted by Gasteiger charge is -2.17. The number of nitrogens with one attached hydrogen (secondary N) is 1.